The van der Waals surface area contributed by atoms with Gasteiger partial charge in [0.05, 0.1) is 24.3 Å². The number of aliphatic hydroxyl groups is 1. The van der Waals surface area contributed by atoms with E-state index in [1.807, 2.05) is 4.57 Å². The second-order valence-corrected chi connectivity index (χ2v) is 5.36. The smallest absolute Gasteiger partial charge is 0.143 e. The first kappa shape index (κ1) is 13.1. The minimum atomic E-state index is -0.727. The number of hydrogen-bond donors (Lipinski definition) is 1. The molecule has 106 valence electrons. The van der Waals surface area contributed by atoms with E-state index in [1.165, 1.54) is 12.1 Å². The Morgan fingerprint density at radius 3 is 3.00 bits per heavy atom. The first-order valence-corrected chi connectivity index (χ1v) is 6.72. The lowest BCUT2D eigenvalue weighted by Gasteiger charge is -2.30. The molecule has 1 aromatic carbocycles. The van der Waals surface area contributed by atoms with Crippen LogP contribution in [0.4, 0.5) is 4.39 Å². The van der Waals surface area contributed by atoms with Crippen molar-refractivity contribution in [1.29, 1.82) is 0 Å². The zero-order chi connectivity index (χ0) is 14.3. The second kappa shape index (κ2) is 4.90. The van der Waals surface area contributed by atoms with Crippen molar-refractivity contribution in [2.45, 2.75) is 38.5 Å². The lowest BCUT2D eigenvalue weighted by Crippen LogP contribution is -2.22. The summed E-state index contributed by atoms with van der Waals surface area (Å²) in [7, 11) is 0. The molecule has 5 heteroatoms. The summed E-state index contributed by atoms with van der Waals surface area (Å²) in [5, 5.41) is 10.2. The standard InChI is InChI=1S/C15H17FN2O2/c1-9(2)18-8-17-7-12(18)15-6-13(19)11-5-10(16)3-4-14(11)20-15/h3-5,7-9,13,15,19H,6H2,1-2H3/t13-,15?/m0/s1. The highest BCUT2D eigenvalue weighted by Crippen LogP contribution is 2.41. The number of hydrogen-bond acceptors (Lipinski definition) is 3. The zero-order valence-electron chi connectivity index (χ0n) is 11.5. The van der Waals surface area contributed by atoms with Crippen LogP contribution in [0, 0.1) is 5.82 Å². The number of halogens is 1. The number of benzene rings is 1. The molecule has 0 amide bonds. The van der Waals surface area contributed by atoms with Gasteiger partial charge in [0, 0.05) is 18.0 Å². The molecule has 0 bridgehead atoms. The molecular weight excluding hydrogens is 259 g/mol. The van der Waals surface area contributed by atoms with Gasteiger partial charge in [0.1, 0.15) is 17.7 Å². The third-order valence-electron chi connectivity index (χ3n) is 3.62. The zero-order valence-corrected chi connectivity index (χ0v) is 11.5. The number of rotatable bonds is 2. The molecule has 20 heavy (non-hydrogen) atoms. The highest BCUT2D eigenvalue weighted by molar-refractivity contribution is 5.38. The van der Waals surface area contributed by atoms with E-state index in [0.717, 1.165) is 5.69 Å². The molecule has 1 aromatic heterocycles. The number of imidazole rings is 1. The van der Waals surface area contributed by atoms with Crippen molar-refractivity contribution >= 4 is 0 Å². The molecule has 1 unspecified atom stereocenters. The highest BCUT2D eigenvalue weighted by atomic mass is 19.1. The number of nitrogens with zero attached hydrogens (tertiary/aromatic N) is 2. The molecule has 1 N–H and O–H groups in total. The molecular formula is C15H17FN2O2. The van der Waals surface area contributed by atoms with Crippen LogP contribution in [-0.2, 0) is 0 Å². The van der Waals surface area contributed by atoms with Crippen LogP contribution in [-0.4, -0.2) is 14.7 Å². The third-order valence-corrected chi connectivity index (χ3v) is 3.62. The lowest BCUT2D eigenvalue weighted by atomic mass is 9.97. The maximum Gasteiger partial charge on any atom is 0.143 e. The van der Waals surface area contributed by atoms with Gasteiger partial charge in [-0.25, -0.2) is 9.37 Å². The molecule has 4 nitrogen and oxygen atoms in total. The van der Waals surface area contributed by atoms with Gasteiger partial charge in [-0.3, -0.25) is 0 Å². The predicted octanol–water partition coefficient (Wildman–Crippen LogP) is 3.16. The minimum Gasteiger partial charge on any atom is -0.484 e. The van der Waals surface area contributed by atoms with Gasteiger partial charge in [-0.05, 0) is 32.0 Å². The molecule has 0 saturated carbocycles. The Kier molecular flexibility index (Phi) is 3.22. The highest BCUT2D eigenvalue weighted by Gasteiger charge is 2.30. The Labute approximate surface area is 116 Å². The quantitative estimate of drug-likeness (QED) is 0.916. The van der Waals surface area contributed by atoms with Gasteiger partial charge in [-0.2, -0.15) is 0 Å². The summed E-state index contributed by atoms with van der Waals surface area (Å²) in [6.07, 6.45) is 2.92. The molecule has 0 fully saturated rings. The van der Waals surface area contributed by atoms with E-state index >= 15 is 0 Å². The lowest BCUT2D eigenvalue weighted by molar-refractivity contribution is 0.0610. The molecule has 0 saturated heterocycles. The summed E-state index contributed by atoms with van der Waals surface area (Å²) >= 11 is 0. The van der Waals surface area contributed by atoms with E-state index in [1.54, 1.807) is 18.6 Å². The molecule has 2 atom stereocenters. The van der Waals surface area contributed by atoms with Gasteiger partial charge in [-0.1, -0.05) is 0 Å². The van der Waals surface area contributed by atoms with Crippen molar-refractivity contribution in [3.8, 4) is 5.75 Å². The van der Waals surface area contributed by atoms with Gasteiger partial charge in [0.25, 0.3) is 0 Å². The van der Waals surface area contributed by atoms with Crippen molar-refractivity contribution < 1.29 is 14.2 Å². The van der Waals surface area contributed by atoms with Gasteiger partial charge in [0.15, 0.2) is 0 Å². The molecule has 3 rings (SSSR count). The van der Waals surface area contributed by atoms with Crippen LogP contribution in [0.2, 0.25) is 0 Å². The van der Waals surface area contributed by atoms with Crippen LogP contribution in [0.5, 0.6) is 5.75 Å². The van der Waals surface area contributed by atoms with Crippen LogP contribution in [0.3, 0.4) is 0 Å². The van der Waals surface area contributed by atoms with Gasteiger partial charge >= 0.3 is 0 Å². The fraction of sp³-hybridized carbons (Fsp3) is 0.400. The van der Waals surface area contributed by atoms with Crippen molar-refractivity contribution in [1.82, 2.24) is 9.55 Å². The van der Waals surface area contributed by atoms with E-state index in [2.05, 4.69) is 18.8 Å². The van der Waals surface area contributed by atoms with Gasteiger partial charge in [-0.15, -0.1) is 0 Å². The van der Waals surface area contributed by atoms with Crippen LogP contribution in [0.25, 0.3) is 0 Å². The Hall–Kier alpha value is -1.88. The number of fused-ring (bicyclic) bond motifs is 1. The average molecular weight is 276 g/mol. The summed E-state index contributed by atoms with van der Waals surface area (Å²) in [5.41, 5.74) is 1.44. The Balaban J connectivity index is 1.95. The molecule has 0 aliphatic carbocycles. The first-order valence-electron chi connectivity index (χ1n) is 6.72. The van der Waals surface area contributed by atoms with Crippen LogP contribution < -0.4 is 4.74 Å². The fourth-order valence-electron chi connectivity index (χ4n) is 2.60. The molecule has 2 aromatic rings. The maximum atomic E-state index is 13.2. The summed E-state index contributed by atoms with van der Waals surface area (Å²) < 4.78 is 21.2. The van der Waals surface area contributed by atoms with E-state index in [-0.39, 0.29) is 18.0 Å². The van der Waals surface area contributed by atoms with Crippen LogP contribution in [0.1, 0.15) is 49.8 Å². The van der Waals surface area contributed by atoms with Crippen molar-refractivity contribution in [2.75, 3.05) is 0 Å². The SMILES string of the molecule is CC(C)n1cncc1C1C[C@H](O)c2cc(F)ccc2O1. The van der Waals surface area contributed by atoms with Crippen molar-refractivity contribution in [2.24, 2.45) is 0 Å². The van der Waals surface area contributed by atoms with E-state index in [4.69, 9.17) is 4.74 Å². The predicted molar refractivity (Wildman–Crippen MR) is 72.0 cm³/mol. The van der Waals surface area contributed by atoms with Crippen molar-refractivity contribution in [3.63, 3.8) is 0 Å². The molecule has 2 heterocycles. The Morgan fingerprint density at radius 2 is 2.25 bits per heavy atom. The third kappa shape index (κ3) is 2.18. The normalized spacial score (nSPS) is 21.6. The van der Waals surface area contributed by atoms with Crippen molar-refractivity contribution in [3.05, 3.63) is 47.8 Å². The number of ether oxygens (including phenoxy) is 1. The van der Waals surface area contributed by atoms with E-state index in [9.17, 15) is 9.50 Å². The largest absolute Gasteiger partial charge is 0.484 e. The van der Waals surface area contributed by atoms with Crippen LogP contribution in [0.15, 0.2) is 30.7 Å². The van der Waals surface area contributed by atoms with Gasteiger partial charge in [0.2, 0.25) is 0 Å². The van der Waals surface area contributed by atoms with E-state index in [0.29, 0.717) is 17.7 Å². The molecule has 0 spiro atoms. The summed E-state index contributed by atoms with van der Waals surface area (Å²) in [4.78, 5) is 4.16. The maximum absolute atomic E-state index is 13.2. The average Bonchev–Trinajstić information content (AvgIpc) is 2.89. The Bertz CT molecular complexity index is 624. The van der Waals surface area contributed by atoms with E-state index < -0.39 is 6.10 Å². The van der Waals surface area contributed by atoms with Crippen LogP contribution >= 0.6 is 0 Å². The summed E-state index contributed by atoms with van der Waals surface area (Å²) in [6.45, 7) is 4.13. The molecule has 1 aliphatic heterocycles. The number of aromatic nitrogens is 2. The molecule has 1 aliphatic rings. The minimum absolute atomic E-state index is 0.267. The Morgan fingerprint density at radius 1 is 1.45 bits per heavy atom. The molecule has 0 radical (unpaired) electrons. The first-order chi connectivity index (χ1) is 9.56. The second-order valence-electron chi connectivity index (χ2n) is 5.36. The monoisotopic (exact) mass is 276 g/mol. The number of aliphatic hydroxyl groups excluding tert-OH is 1. The summed E-state index contributed by atoms with van der Waals surface area (Å²) in [6, 6.07) is 4.50. The fourth-order valence-corrected chi connectivity index (χ4v) is 2.60. The summed E-state index contributed by atoms with van der Waals surface area (Å²) in [5.74, 6) is 0.170. The van der Waals surface area contributed by atoms with Gasteiger partial charge < -0.3 is 14.4 Å². The topological polar surface area (TPSA) is 47.3 Å².